The minimum atomic E-state index is 0.458. The number of nitrogens with one attached hydrogen (secondary N) is 1. The Morgan fingerprint density at radius 2 is 1.89 bits per heavy atom. The van der Waals surface area contributed by atoms with E-state index in [9.17, 15) is 0 Å². The molecule has 1 aliphatic rings. The van der Waals surface area contributed by atoms with Gasteiger partial charge in [0.05, 0.1) is 5.69 Å². The van der Waals surface area contributed by atoms with Gasteiger partial charge in [0.25, 0.3) is 0 Å². The van der Waals surface area contributed by atoms with Crippen molar-refractivity contribution in [1.82, 2.24) is 4.98 Å². The highest BCUT2D eigenvalue weighted by Gasteiger charge is 2.29. The molecule has 1 aliphatic carbocycles. The molecule has 1 fully saturated rings. The van der Waals surface area contributed by atoms with Gasteiger partial charge in [0.1, 0.15) is 4.60 Å². The van der Waals surface area contributed by atoms with Gasteiger partial charge in [-0.1, -0.05) is 20.8 Å². The van der Waals surface area contributed by atoms with Gasteiger partial charge in [-0.2, -0.15) is 0 Å². The van der Waals surface area contributed by atoms with Crippen LogP contribution in [-0.4, -0.2) is 11.0 Å². The first kappa shape index (κ1) is 13.9. The zero-order valence-electron chi connectivity index (χ0n) is 11.5. The molecule has 0 unspecified atom stereocenters. The fourth-order valence-corrected chi connectivity index (χ4v) is 3.18. The third kappa shape index (κ3) is 3.47. The largest absolute Gasteiger partial charge is 0.380 e. The first-order valence-corrected chi connectivity index (χ1v) is 7.63. The number of anilines is 1. The summed E-state index contributed by atoms with van der Waals surface area (Å²) in [4.78, 5) is 4.25. The van der Waals surface area contributed by atoms with E-state index in [1.165, 1.54) is 25.7 Å². The maximum Gasteiger partial charge on any atom is 0.129 e. The maximum absolute atomic E-state index is 4.25. The summed E-state index contributed by atoms with van der Waals surface area (Å²) >= 11 is 3.49. The highest BCUT2D eigenvalue weighted by Crippen LogP contribution is 2.38. The van der Waals surface area contributed by atoms with Gasteiger partial charge in [-0.25, -0.2) is 4.98 Å². The van der Waals surface area contributed by atoms with Crippen LogP contribution in [0.5, 0.6) is 0 Å². The Morgan fingerprint density at radius 3 is 2.44 bits per heavy atom. The molecule has 0 atom stereocenters. The van der Waals surface area contributed by atoms with E-state index in [1.54, 1.807) is 0 Å². The van der Waals surface area contributed by atoms with Crippen LogP contribution in [0.3, 0.4) is 0 Å². The van der Waals surface area contributed by atoms with Crippen LogP contribution in [0.15, 0.2) is 22.9 Å². The Balaban J connectivity index is 1.90. The van der Waals surface area contributed by atoms with E-state index in [-0.39, 0.29) is 0 Å². The number of rotatable bonds is 2. The summed E-state index contributed by atoms with van der Waals surface area (Å²) < 4.78 is 0.919. The average molecular weight is 311 g/mol. The van der Waals surface area contributed by atoms with Crippen molar-refractivity contribution in [3.8, 4) is 0 Å². The first-order valence-electron chi connectivity index (χ1n) is 6.84. The summed E-state index contributed by atoms with van der Waals surface area (Å²) in [5.41, 5.74) is 1.58. The highest BCUT2D eigenvalue weighted by atomic mass is 79.9. The van der Waals surface area contributed by atoms with Gasteiger partial charge < -0.3 is 5.32 Å². The molecule has 1 heterocycles. The lowest BCUT2D eigenvalue weighted by atomic mass is 9.71. The molecule has 2 nitrogen and oxygen atoms in total. The minimum Gasteiger partial charge on any atom is -0.380 e. The lowest BCUT2D eigenvalue weighted by molar-refractivity contribution is 0.173. The molecule has 3 heteroatoms. The van der Waals surface area contributed by atoms with Crippen molar-refractivity contribution in [2.45, 2.75) is 52.5 Å². The van der Waals surface area contributed by atoms with Crippen LogP contribution in [0.25, 0.3) is 0 Å². The van der Waals surface area contributed by atoms with E-state index >= 15 is 0 Å². The summed E-state index contributed by atoms with van der Waals surface area (Å²) in [5.74, 6) is 0.868. The van der Waals surface area contributed by atoms with Crippen molar-refractivity contribution >= 4 is 21.6 Å². The summed E-state index contributed by atoms with van der Waals surface area (Å²) in [6, 6.07) is 4.67. The van der Waals surface area contributed by atoms with Crippen molar-refractivity contribution in [2.24, 2.45) is 11.3 Å². The minimum absolute atomic E-state index is 0.458. The molecular formula is C15H23BrN2. The lowest BCUT2D eigenvalue weighted by Crippen LogP contribution is -2.31. The number of aromatic nitrogens is 1. The number of hydrogen-bond donors (Lipinski definition) is 1. The van der Waals surface area contributed by atoms with Gasteiger partial charge in [0.15, 0.2) is 0 Å². The fraction of sp³-hybridized carbons (Fsp3) is 0.667. The summed E-state index contributed by atoms with van der Waals surface area (Å²) in [6.07, 6.45) is 7.01. The fourth-order valence-electron chi connectivity index (χ4n) is 2.82. The second kappa shape index (κ2) is 5.60. The van der Waals surface area contributed by atoms with Crippen LogP contribution in [0, 0.1) is 11.3 Å². The SMILES string of the molecule is CC(C)(C)C1CCC(Nc2cccnc2Br)CC1. The van der Waals surface area contributed by atoms with Gasteiger partial charge in [-0.3, -0.25) is 0 Å². The van der Waals surface area contributed by atoms with Gasteiger partial charge in [-0.05, 0) is 65.1 Å². The molecule has 1 aromatic heterocycles. The lowest BCUT2D eigenvalue weighted by Gasteiger charge is -2.37. The van der Waals surface area contributed by atoms with Gasteiger partial charge in [-0.15, -0.1) is 0 Å². The predicted molar refractivity (Wildman–Crippen MR) is 80.8 cm³/mol. The molecule has 0 amide bonds. The molecule has 0 radical (unpaired) electrons. The molecule has 0 aliphatic heterocycles. The van der Waals surface area contributed by atoms with Crippen LogP contribution < -0.4 is 5.32 Å². The van der Waals surface area contributed by atoms with Crippen molar-refractivity contribution < 1.29 is 0 Å². The van der Waals surface area contributed by atoms with E-state index in [0.29, 0.717) is 11.5 Å². The topological polar surface area (TPSA) is 24.9 Å². The standard InChI is InChI=1S/C15H23BrN2/c1-15(2,3)11-6-8-12(9-7-11)18-13-5-4-10-17-14(13)16/h4-5,10-12,18H,6-9H2,1-3H3. The molecule has 1 aromatic rings. The second-order valence-corrected chi connectivity index (χ2v) is 7.15. The molecule has 1 N–H and O–H groups in total. The van der Waals surface area contributed by atoms with Crippen LogP contribution in [-0.2, 0) is 0 Å². The summed E-state index contributed by atoms with van der Waals surface area (Å²) in [5, 5.41) is 3.61. The molecule has 0 spiro atoms. The quantitative estimate of drug-likeness (QED) is 0.789. The molecule has 2 rings (SSSR count). The molecular weight excluding hydrogens is 288 g/mol. The maximum atomic E-state index is 4.25. The average Bonchev–Trinajstić information content (AvgIpc) is 2.32. The zero-order chi connectivity index (χ0) is 13.2. The van der Waals surface area contributed by atoms with E-state index in [0.717, 1.165) is 16.2 Å². The van der Waals surface area contributed by atoms with Gasteiger partial charge in [0.2, 0.25) is 0 Å². The van der Waals surface area contributed by atoms with E-state index < -0.39 is 0 Å². The third-order valence-electron chi connectivity index (χ3n) is 4.07. The van der Waals surface area contributed by atoms with Crippen molar-refractivity contribution in [1.29, 1.82) is 0 Å². The Morgan fingerprint density at radius 1 is 1.22 bits per heavy atom. The summed E-state index contributed by atoms with van der Waals surface area (Å²) in [7, 11) is 0. The molecule has 0 bridgehead atoms. The zero-order valence-corrected chi connectivity index (χ0v) is 13.1. The van der Waals surface area contributed by atoms with Crippen molar-refractivity contribution in [3.63, 3.8) is 0 Å². The van der Waals surface area contributed by atoms with E-state index in [2.05, 4.69) is 53.1 Å². The van der Waals surface area contributed by atoms with E-state index in [4.69, 9.17) is 0 Å². The van der Waals surface area contributed by atoms with Crippen molar-refractivity contribution in [2.75, 3.05) is 5.32 Å². The monoisotopic (exact) mass is 310 g/mol. The molecule has 100 valence electrons. The molecule has 0 saturated heterocycles. The molecule has 1 saturated carbocycles. The van der Waals surface area contributed by atoms with Crippen LogP contribution >= 0.6 is 15.9 Å². The smallest absolute Gasteiger partial charge is 0.129 e. The van der Waals surface area contributed by atoms with Gasteiger partial charge >= 0.3 is 0 Å². The Kier molecular flexibility index (Phi) is 4.31. The Bertz CT molecular complexity index is 390. The number of hydrogen-bond acceptors (Lipinski definition) is 2. The molecule has 18 heavy (non-hydrogen) atoms. The normalized spacial score (nSPS) is 24.9. The number of pyridine rings is 1. The van der Waals surface area contributed by atoms with Crippen LogP contribution in [0.1, 0.15) is 46.5 Å². The van der Waals surface area contributed by atoms with Crippen molar-refractivity contribution in [3.05, 3.63) is 22.9 Å². The highest BCUT2D eigenvalue weighted by molar-refractivity contribution is 9.10. The predicted octanol–water partition coefficient (Wildman–Crippen LogP) is 4.86. The Hall–Kier alpha value is -0.570. The summed E-state index contributed by atoms with van der Waals surface area (Å²) in [6.45, 7) is 7.09. The second-order valence-electron chi connectivity index (χ2n) is 6.40. The number of nitrogens with zero attached hydrogens (tertiary/aromatic N) is 1. The first-order chi connectivity index (χ1) is 8.47. The van der Waals surface area contributed by atoms with E-state index in [1.807, 2.05) is 12.3 Å². The van der Waals surface area contributed by atoms with Crippen LogP contribution in [0.4, 0.5) is 5.69 Å². The van der Waals surface area contributed by atoms with Gasteiger partial charge in [0, 0.05) is 12.2 Å². The Labute approximate surface area is 119 Å². The van der Waals surface area contributed by atoms with Crippen LogP contribution in [0.2, 0.25) is 0 Å². The molecule has 0 aromatic carbocycles. The number of halogens is 1. The third-order valence-corrected chi connectivity index (χ3v) is 4.70.